The molecule has 3 heteroatoms. The minimum Gasteiger partial charge on any atom is -0.350 e. The zero-order chi connectivity index (χ0) is 10.2. The fourth-order valence-electron chi connectivity index (χ4n) is 2.52. The molecule has 2 rings (SSSR count). The number of fused-ring (bicyclic) bond motifs is 1. The molecule has 0 radical (unpaired) electrons. The van der Waals surface area contributed by atoms with Crippen LogP contribution in [-0.2, 0) is 9.47 Å². The molecule has 14 heavy (non-hydrogen) atoms. The fraction of sp³-hybridized carbons (Fsp3) is 1.00. The predicted octanol–water partition coefficient (Wildman–Crippen LogP) is 1.97. The molecule has 2 aliphatic rings. The van der Waals surface area contributed by atoms with Gasteiger partial charge in [0.15, 0.2) is 0 Å². The minimum absolute atomic E-state index is 0.182. The molecule has 0 spiro atoms. The van der Waals surface area contributed by atoms with E-state index in [1.807, 2.05) is 0 Å². The van der Waals surface area contributed by atoms with E-state index in [2.05, 4.69) is 25.7 Å². The summed E-state index contributed by atoms with van der Waals surface area (Å²) in [4.78, 5) is 2.44. The van der Waals surface area contributed by atoms with Gasteiger partial charge in [0.1, 0.15) is 13.5 Å². The summed E-state index contributed by atoms with van der Waals surface area (Å²) in [6.45, 7) is 7.92. The van der Waals surface area contributed by atoms with Crippen LogP contribution in [0.15, 0.2) is 0 Å². The summed E-state index contributed by atoms with van der Waals surface area (Å²) in [7, 11) is 0. The average Bonchev–Trinajstić information content (AvgIpc) is 2.42. The van der Waals surface area contributed by atoms with Crippen LogP contribution in [0.25, 0.3) is 0 Å². The van der Waals surface area contributed by atoms with Crippen molar-refractivity contribution in [2.45, 2.75) is 57.7 Å². The topological polar surface area (TPSA) is 21.7 Å². The van der Waals surface area contributed by atoms with E-state index in [9.17, 15) is 0 Å². The molecule has 0 N–H and O–H groups in total. The van der Waals surface area contributed by atoms with Crippen molar-refractivity contribution in [3.63, 3.8) is 0 Å². The van der Waals surface area contributed by atoms with E-state index in [0.29, 0.717) is 25.7 Å². The lowest BCUT2D eigenvalue weighted by molar-refractivity contribution is -0.0772. The molecule has 2 atom stereocenters. The number of ether oxygens (including phenoxy) is 2. The third-order valence-corrected chi connectivity index (χ3v) is 3.28. The molecule has 0 unspecified atom stereocenters. The van der Waals surface area contributed by atoms with Gasteiger partial charge in [0, 0.05) is 11.6 Å². The molecule has 1 aliphatic carbocycles. The van der Waals surface area contributed by atoms with E-state index in [0.717, 1.165) is 0 Å². The smallest absolute Gasteiger partial charge is 0.148 e. The second-order valence-electron chi connectivity index (χ2n) is 5.30. The monoisotopic (exact) mass is 199 g/mol. The van der Waals surface area contributed by atoms with Crippen LogP contribution in [0.2, 0.25) is 0 Å². The maximum atomic E-state index is 5.69. The van der Waals surface area contributed by atoms with Gasteiger partial charge >= 0.3 is 0 Å². The third-order valence-electron chi connectivity index (χ3n) is 3.28. The first-order chi connectivity index (χ1) is 6.59. The Morgan fingerprint density at radius 3 is 2.71 bits per heavy atom. The van der Waals surface area contributed by atoms with E-state index in [1.165, 1.54) is 19.3 Å². The summed E-state index contributed by atoms with van der Waals surface area (Å²) in [6.07, 6.45) is 4.14. The van der Waals surface area contributed by atoms with Gasteiger partial charge in [-0.2, -0.15) is 0 Å². The number of hydrogen-bond donors (Lipinski definition) is 0. The molecule has 0 amide bonds. The van der Waals surface area contributed by atoms with Crippen molar-refractivity contribution in [2.24, 2.45) is 0 Å². The van der Waals surface area contributed by atoms with Crippen molar-refractivity contribution in [3.8, 4) is 0 Å². The van der Waals surface area contributed by atoms with Crippen molar-refractivity contribution >= 4 is 0 Å². The summed E-state index contributed by atoms with van der Waals surface area (Å²) in [5.74, 6) is 0. The Kier molecular flexibility index (Phi) is 2.82. The van der Waals surface area contributed by atoms with Gasteiger partial charge in [-0.3, -0.25) is 4.90 Å². The van der Waals surface area contributed by atoms with Crippen LogP contribution in [0, 0.1) is 0 Å². The van der Waals surface area contributed by atoms with Crippen molar-refractivity contribution < 1.29 is 9.47 Å². The SMILES string of the molecule is CC(C)(C)N1COCO[C@H]2CCC[C@@H]21. The van der Waals surface area contributed by atoms with E-state index >= 15 is 0 Å². The lowest BCUT2D eigenvalue weighted by Crippen LogP contribution is -2.50. The Bertz CT molecular complexity index is 200. The number of hydrogen-bond acceptors (Lipinski definition) is 3. The molecular formula is C11H21NO2. The molecule has 3 nitrogen and oxygen atoms in total. The zero-order valence-corrected chi connectivity index (χ0v) is 9.45. The van der Waals surface area contributed by atoms with Gasteiger partial charge in [0.05, 0.1) is 6.10 Å². The highest BCUT2D eigenvalue weighted by Gasteiger charge is 2.39. The number of nitrogens with zero attached hydrogens (tertiary/aromatic N) is 1. The van der Waals surface area contributed by atoms with Crippen LogP contribution in [0.4, 0.5) is 0 Å². The summed E-state index contributed by atoms with van der Waals surface area (Å²) in [6, 6.07) is 0.567. The van der Waals surface area contributed by atoms with Crippen LogP contribution >= 0.6 is 0 Å². The number of rotatable bonds is 0. The molecule has 2 fully saturated rings. The summed E-state index contributed by atoms with van der Waals surface area (Å²) in [5.41, 5.74) is 0.182. The highest BCUT2D eigenvalue weighted by molar-refractivity contribution is 4.91. The van der Waals surface area contributed by atoms with Crippen LogP contribution < -0.4 is 0 Å². The Balaban J connectivity index is 2.13. The lowest BCUT2D eigenvalue weighted by atomic mass is 10.0. The summed E-state index contributed by atoms with van der Waals surface area (Å²) >= 11 is 0. The van der Waals surface area contributed by atoms with E-state index in [4.69, 9.17) is 9.47 Å². The summed E-state index contributed by atoms with van der Waals surface area (Å²) in [5, 5.41) is 0. The molecule has 0 aromatic heterocycles. The third kappa shape index (κ3) is 1.95. The molecule has 0 aromatic rings. The van der Waals surface area contributed by atoms with Gasteiger partial charge in [-0.15, -0.1) is 0 Å². The lowest BCUT2D eigenvalue weighted by Gasteiger charge is -2.39. The maximum absolute atomic E-state index is 5.69. The van der Waals surface area contributed by atoms with Gasteiger partial charge in [-0.1, -0.05) is 0 Å². The minimum atomic E-state index is 0.182. The van der Waals surface area contributed by atoms with Gasteiger partial charge in [0.2, 0.25) is 0 Å². The van der Waals surface area contributed by atoms with E-state index in [-0.39, 0.29) is 5.54 Å². The van der Waals surface area contributed by atoms with Gasteiger partial charge in [0.25, 0.3) is 0 Å². The largest absolute Gasteiger partial charge is 0.350 e. The molecule has 82 valence electrons. The van der Waals surface area contributed by atoms with Crippen molar-refractivity contribution in [2.75, 3.05) is 13.5 Å². The first kappa shape index (κ1) is 10.4. The predicted molar refractivity (Wildman–Crippen MR) is 54.9 cm³/mol. The van der Waals surface area contributed by atoms with Crippen molar-refractivity contribution in [1.29, 1.82) is 0 Å². The zero-order valence-electron chi connectivity index (χ0n) is 9.45. The van der Waals surface area contributed by atoms with Crippen LogP contribution in [0.5, 0.6) is 0 Å². The van der Waals surface area contributed by atoms with Crippen molar-refractivity contribution in [1.82, 2.24) is 4.90 Å². The average molecular weight is 199 g/mol. The van der Waals surface area contributed by atoms with E-state index in [1.54, 1.807) is 0 Å². The second-order valence-corrected chi connectivity index (χ2v) is 5.30. The molecule has 1 heterocycles. The molecule has 1 saturated heterocycles. The first-order valence-corrected chi connectivity index (χ1v) is 5.55. The fourth-order valence-corrected chi connectivity index (χ4v) is 2.52. The summed E-state index contributed by atoms with van der Waals surface area (Å²) < 4.78 is 11.2. The quantitative estimate of drug-likeness (QED) is 0.595. The normalized spacial score (nSPS) is 35.4. The van der Waals surface area contributed by atoms with Crippen LogP contribution in [0.1, 0.15) is 40.0 Å². The van der Waals surface area contributed by atoms with Crippen LogP contribution in [0.3, 0.4) is 0 Å². The van der Waals surface area contributed by atoms with Gasteiger partial charge < -0.3 is 9.47 Å². The van der Waals surface area contributed by atoms with Gasteiger partial charge in [-0.25, -0.2) is 0 Å². The molecule has 1 saturated carbocycles. The highest BCUT2D eigenvalue weighted by atomic mass is 16.7. The Labute approximate surface area is 86.4 Å². The van der Waals surface area contributed by atoms with E-state index < -0.39 is 0 Å². The van der Waals surface area contributed by atoms with Gasteiger partial charge in [-0.05, 0) is 40.0 Å². The maximum Gasteiger partial charge on any atom is 0.148 e. The second kappa shape index (κ2) is 3.80. The molecule has 0 bridgehead atoms. The highest BCUT2D eigenvalue weighted by Crippen LogP contribution is 2.32. The molecule has 1 aliphatic heterocycles. The first-order valence-electron chi connectivity index (χ1n) is 5.55. The standard InChI is InChI=1S/C11H21NO2/c1-11(2,3)12-7-13-8-14-10-6-4-5-9(10)12/h9-10H,4-8H2,1-3H3/t9-,10-/m0/s1. The Morgan fingerprint density at radius 1 is 1.21 bits per heavy atom. The van der Waals surface area contributed by atoms with Crippen molar-refractivity contribution in [3.05, 3.63) is 0 Å². The Hall–Kier alpha value is -0.120. The Morgan fingerprint density at radius 2 is 2.00 bits per heavy atom. The molecular weight excluding hydrogens is 178 g/mol. The molecule has 0 aromatic carbocycles. The van der Waals surface area contributed by atoms with Crippen LogP contribution in [-0.4, -0.2) is 36.1 Å².